The Hall–Kier alpha value is -2.36. The average molecular weight is 312 g/mol. The van der Waals surface area contributed by atoms with Gasteiger partial charge in [0.25, 0.3) is 5.91 Å². The minimum Gasteiger partial charge on any atom is -0.480 e. The molecule has 0 aliphatic carbocycles. The van der Waals surface area contributed by atoms with E-state index in [0.717, 1.165) is 23.3 Å². The van der Waals surface area contributed by atoms with E-state index in [9.17, 15) is 4.79 Å². The van der Waals surface area contributed by atoms with E-state index in [1.807, 2.05) is 57.2 Å². The zero-order valence-electron chi connectivity index (χ0n) is 14.0. The number of pyridine rings is 1. The van der Waals surface area contributed by atoms with Crippen molar-refractivity contribution in [3.8, 4) is 5.75 Å². The van der Waals surface area contributed by atoms with Gasteiger partial charge in [-0.25, -0.2) is 0 Å². The Kier molecular flexibility index (Phi) is 6.15. The van der Waals surface area contributed by atoms with Crippen molar-refractivity contribution in [2.24, 2.45) is 5.92 Å². The van der Waals surface area contributed by atoms with Gasteiger partial charge >= 0.3 is 0 Å². The third-order valence-corrected chi connectivity index (χ3v) is 3.67. The number of para-hydroxylation sites is 1. The number of benzene rings is 1. The molecular formula is C19H24N2O2. The quantitative estimate of drug-likeness (QED) is 0.854. The number of amides is 1. The number of nitrogens with zero attached hydrogens (tertiary/aromatic N) is 1. The lowest BCUT2D eigenvalue weighted by Gasteiger charge is -2.22. The van der Waals surface area contributed by atoms with Gasteiger partial charge in [0.05, 0.1) is 0 Å². The summed E-state index contributed by atoms with van der Waals surface area (Å²) in [5, 5.41) is 2.97. The largest absolute Gasteiger partial charge is 0.480 e. The molecule has 2 aromatic rings. The summed E-state index contributed by atoms with van der Waals surface area (Å²) < 4.78 is 5.95. The number of hydrogen-bond donors (Lipinski definition) is 1. The van der Waals surface area contributed by atoms with Crippen LogP contribution in [0.3, 0.4) is 0 Å². The molecule has 0 spiro atoms. The molecule has 1 aromatic carbocycles. The van der Waals surface area contributed by atoms with Crippen molar-refractivity contribution >= 4 is 5.91 Å². The van der Waals surface area contributed by atoms with Gasteiger partial charge in [-0.3, -0.25) is 9.78 Å². The molecule has 0 unspecified atom stereocenters. The normalized spacial score (nSPS) is 12.0. The minimum absolute atomic E-state index is 0.0719. The third kappa shape index (κ3) is 5.09. The fourth-order valence-corrected chi connectivity index (χ4v) is 2.30. The Balaban J connectivity index is 1.92. The third-order valence-electron chi connectivity index (χ3n) is 3.67. The van der Waals surface area contributed by atoms with Crippen LogP contribution in [-0.2, 0) is 11.2 Å². The zero-order valence-corrected chi connectivity index (χ0v) is 14.0. The molecule has 4 heteroatoms. The number of carbonyl (C=O) groups excluding carboxylic acids is 1. The summed E-state index contributed by atoms with van der Waals surface area (Å²) in [5.41, 5.74) is 2.18. The maximum absolute atomic E-state index is 12.4. The van der Waals surface area contributed by atoms with E-state index < -0.39 is 6.10 Å². The number of carbonyl (C=O) groups is 1. The number of rotatable bonds is 7. The maximum atomic E-state index is 12.4. The first-order valence-electron chi connectivity index (χ1n) is 7.97. The van der Waals surface area contributed by atoms with Crippen molar-refractivity contribution in [3.63, 3.8) is 0 Å². The van der Waals surface area contributed by atoms with Crippen LogP contribution in [-0.4, -0.2) is 23.5 Å². The van der Waals surface area contributed by atoms with Crippen molar-refractivity contribution in [1.29, 1.82) is 0 Å². The lowest BCUT2D eigenvalue weighted by molar-refractivity contribution is -0.129. The van der Waals surface area contributed by atoms with Crippen LogP contribution in [0.15, 0.2) is 48.8 Å². The molecule has 122 valence electrons. The van der Waals surface area contributed by atoms with Crippen LogP contribution in [0.1, 0.15) is 25.0 Å². The van der Waals surface area contributed by atoms with Gasteiger partial charge in [-0.05, 0) is 48.6 Å². The van der Waals surface area contributed by atoms with Crippen molar-refractivity contribution in [2.45, 2.75) is 33.3 Å². The Labute approximate surface area is 137 Å². The Morgan fingerprint density at radius 3 is 2.52 bits per heavy atom. The Bertz CT molecular complexity index is 626. The highest BCUT2D eigenvalue weighted by molar-refractivity contribution is 5.81. The van der Waals surface area contributed by atoms with Crippen molar-refractivity contribution in [1.82, 2.24) is 10.3 Å². The number of hydrogen-bond acceptors (Lipinski definition) is 3. The predicted molar refractivity (Wildman–Crippen MR) is 91.4 cm³/mol. The molecule has 1 aromatic heterocycles. The Morgan fingerprint density at radius 1 is 1.17 bits per heavy atom. The van der Waals surface area contributed by atoms with E-state index in [1.54, 1.807) is 12.4 Å². The van der Waals surface area contributed by atoms with Crippen LogP contribution in [0.25, 0.3) is 0 Å². The van der Waals surface area contributed by atoms with E-state index >= 15 is 0 Å². The number of aryl methyl sites for hydroxylation is 1. The first-order chi connectivity index (χ1) is 11.1. The predicted octanol–water partition coefficient (Wildman–Crippen LogP) is 3.15. The number of ether oxygens (including phenoxy) is 1. The van der Waals surface area contributed by atoms with Gasteiger partial charge in [0, 0.05) is 18.9 Å². The van der Waals surface area contributed by atoms with Crippen LogP contribution >= 0.6 is 0 Å². The first kappa shape index (κ1) is 17.0. The average Bonchev–Trinajstić information content (AvgIpc) is 2.54. The molecule has 1 atom stereocenters. The summed E-state index contributed by atoms with van der Waals surface area (Å²) >= 11 is 0. The van der Waals surface area contributed by atoms with Gasteiger partial charge in [0.1, 0.15) is 5.75 Å². The van der Waals surface area contributed by atoms with Gasteiger partial charge in [-0.2, -0.15) is 0 Å². The van der Waals surface area contributed by atoms with Crippen molar-refractivity contribution in [3.05, 3.63) is 59.9 Å². The molecular weight excluding hydrogens is 288 g/mol. The van der Waals surface area contributed by atoms with Crippen LogP contribution in [0.2, 0.25) is 0 Å². The lowest BCUT2D eigenvalue weighted by atomic mass is 10.1. The molecule has 0 bridgehead atoms. The molecule has 0 aliphatic rings. The van der Waals surface area contributed by atoms with Crippen molar-refractivity contribution < 1.29 is 9.53 Å². The molecule has 1 N–H and O–H groups in total. The van der Waals surface area contributed by atoms with E-state index in [2.05, 4.69) is 10.3 Å². The molecule has 1 heterocycles. The lowest BCUT2D eigenvalue weighted by Crippen LogP contribution is -2.42. The number of nitrogens with one attached hydrogen (secondary N) is 1. The smallest absolute Gasteiger partial charge is 0.261 e. The molecule has 1 amide bonds. The van der Waals surface area contributed by atoms with Crippen LogP contribution < -0.4 is 10.1 Å². The SMILES string of the molecule is Cc1ccccc1O[C@H](C(=O)NCCc1ccncc1)C(C)C. The summed E-state index contributed by atoms with van der Waals surface area (Å²) in [6.45, 7) is 6.55. The summed E-state index contributed by atoms with van der Waals surface area (Å²) in [7, 11) is 0. The van der Waals surface area contributed by atoms with Gasteiger partial charge in [0.2, 0.25) is 0 Å². The summed E-state index contributed by atoms with van der Waals surface area (Å²) in [6.07, 6.45) is 3.81. The molecule has 0 fully saturated rings. The van der Waals surface area contributed by atoms with Gasteiger partial charge in [-0.15, -0.1) is 0 Å². The minimum atomic E-state index is -0.492. The highest BCUT2D eigenvalue weighted by Gasteiger charge is 2.24. The molecule has 0 radical (unpaired) electrons. The van der Waals surface area contributed by atoms with Gasteiger partial charge < -0.3 is 10.1 Å². The zero-order chi connectivity index (χ0) is 16.7. The molecule has 0 saturated heterocycles. The molecule has 2 rings (SSSR count). The van der Waals surface area contributed by atoms with Crippen LogP contribution in [0.4, 0.5) is 0 Å². The van der Waals surface area contributed by atoms with E-state index in [0.29, 0.717) is 6.54 Å². The molecule has 0 aliphatic heterocycles. The summed E-state index contributed by atoms with van der Waals surface area (Å²) in [6, 6.07) is 11.7. The highest BCUT2D eigenvalue weighted by Crippen LogP contribution is 2.20. The summed E-state index contributed by atoms with van der Waals surface area (Å²) in [4.78, 5) is 16.4. The topological polar surface area (TPSA) is 51.2 Å². The second kappa shape index (κ2) is 8.32. The molecule has 4 nitrogen and oxygen atoms in total. The van der Waals surface area contributed by atoms with E-state index in [4.69, 9.17) is 4.74 Å². The van der Waals surface area contributed by atoms with E-state index in [-0.39, 0.29) is 11.8 Å². The second-order valence-corrected chi connectivity index (χ2v) is 5.94. The van der Waals surface area contributed by atoms with Crippen LogP contribution in [0.5, 0.6) is 5.75 Å². The first-order valence-corrected chi connectivity index (χ1v) is 7.97. The monoisotopic (exact) mass is 312 g/mol. The van der Waals surface area contributed by atoms with Crippen molar-refractivity contribution in [2.75, 3.05) is 6.54 Å². The fraction of sp³-hybridized carbons (Fsp3) is 0.368. The van der Waals surface area contributed by atoms with Gasteiger partial charge in [0.15, 0.2) is 6.10 Å². The van der Waals surface area contributed by atoms with Gasteiger partial charge in [-0.1, -0.05) is 32.0 Å². The maximum Gasteiger partial charge on any atom is 0.261 e. The van der Waals surface area contributed by atoms with Crippen LogP contribution in [0, 0.1) is 12.8 Å². The van der Waals surface area contributed by atoms with E-state index in [1.165, 1.54) is 0 Å². The highest BCUT2D eigenvalue weighted by atomic mass is 16.5. The fourth-order valence-electron chi connectivity index (χ4n) is 2.30. The number of aromatic nitrogens is 1. The second-order valence-electron chi connectivity index (χ2n) is 5.94. The standard InChI is InChI=1S/C19H24N2O2/c1-14(2)18(23-17-7-5-4-6-15(17)3)19(22)21-13-10-16-8-11-20-12-9-16/h4-9,11-12,14,18H,10,13H2,1-3H3,(H,21,22)/t18-/m0/s1. The summed E-state index contributed by atoms with van der Waals surface area (Å²) in [5.74, 6) is 0.781. The molecule has 23 heavy (non-hydrogen) atoms. The molecule has 0 saturated carbocycles. The Morgan fingerprint density at radius 2 is 1.87 bits per heavy atom.